The van der Waals surface area contributed by atoms with Crippen LogP contribution in [-0.4, -0.2) is 94.2 Å². The third kappa shape index (κ3) is 7.22. The van der Waals surface area contributed by atoms with E-state index in [1.807, 2.05) is 37.4 Å². The van der Waals surface area contributed by atoms with Gasteiger partial charge in [-0.2, -0.15) is 0 Å². The van der Waals surface area contributed by atoms with Crippen molar-refractivity contribution in [1.82, 2.24) is 20.0 Å². The molecule has 0 bridgehead atoms. The van der Waals surface area contributed by atoms with Crippen LogP contribution in [-0.2, 0) is 0 Å². The van der Waals surface area contributed by atoms with Crippen LogP contribution in [0, 0.1) is 5.92 Å². The highest BCUT2D eigenvalue weighted by Crippen LogP contribution is 2.08. The van der Waals surface area contributed by atoms with Gasteiger partial charge < -0.3 is 24.8 Å². The molecule has 0 aromatic heterocycles. The van der Waals surface area contributed by atoms with Gasteiger partial charge in [-0.05, 0) is 25.1 Å². The van der Waals surface area contributed by atoms with Crippen LogP contribution in [0.15, 0.2) is 35.3 Å². The summed E-state index contributed by atoms with van der Waals surface area (Å²) < 4.78 is 5.77. The first-order valence-electron chi connectivity index (χ1n) is 9.59. The van der Waals surface area contributed by atoms with E-state index in [0.29, 0.717) is 12.5 Å². The molecule has 1 atom stereocenters. The van der Waals surface area contributed by atoms with E-state index in [9.17, 15) is 0 Å². The standard InChI is InChI=1S/C20H35N5O/c1-18(17-25-12-10-23(3)11-13-25)16-22-20(21-2)24(4)14-15-26-19-8-6-5-7-9-19/h5-9,18H,10-17H2,1-4H3,(H,21,22). The van der Waals surface area contributed by atoms with Crippen LogP contribution >= 0.6 is 0 Å². The van der Waals surface area contributed by atoms with Crippen molar-refractivity contribution in [1.29, 1.82) is 0 Å². The maximum atomic E-state index is 5.77. The number of nitrogens with zero attached hydrogens (tertiary/aromatic N) is 4. The fourth-order valence-electron chi connectivity index (χ4n) is 3.11. The van der Waals surface area contributed by atoms with Crippen molar-refractivity contribution >= 4 is 5.96 Å². The third-order valence-corrected chi connectivity index (χ3v) is 4.79. The number of likely N-dealkylation sites (N-methyl/N-ethyl adjacent to an activating group) is 2. The van der Waals surface area contributed by atoms with E-state index in [1.54, 1.807) is 0 Å². The van der Waals surface area contributed by atoms with Gasteiger partial charge in [0.1, 0.15) is 12.4 Å². The SMILES string of the molecule is CN=C(NCC(C)CN1CCN(C)CC1)N(C)CCOc1ccccc1. The zero-order valence-corrected chi connectivity index (χ0v) is 16.8. The Labute approximate surface area is 158 Å². The Balaban J connectivity index is 1.65. The first-order chi connectivity index (χ1) is 12.6. The molecule has 6 heteroatoms. The zero-order chi connectivity index (χ0) is 18.8. The smallest absolute Gasteiger partial charge is 0.193 e. The number of benzene rings is 1. The molecular weight excluding hydrogens is 326 g/mol. The molecule has 1 aliphatic rings. The second-order valence-electron chi connectivity index (χ2n) is 7.22. The van der Waals surface area contributed by atoms with Crippen molar-refractivity contribution in [3.63, 3.8) is 0 Å². The Morgan fingerprint density at radius 2 is 1.92 bits per heavy atom. The van der Waals surface area contributed by atoms with Gasteiger partial charge in [0.05, 0.1) is 6.54 Å². The van der Waals surface area contributed by atoms with Crippen LogP contribution in [0.2, 0.25) is 0 Å². The van der Waals surface area contributed by atoms with E-state index >= 15 is 0 Å². The summed E-state index contributed by atoms with van der Waals surface area (Å²) in [5, 5.41) is 3.50. The Hall–Kier alpha value is -1.79. The molecule has 146 valence electrons. The highest BCUT2D eigenvalue weighted by Gasteiger charge is 2.16. The minimum Gasteiger partial charge on any atom is -0.492 e. The van der Waals surface area contributed by atoms with Gasteiger partial charge in [-0.25, -0.2) is 0 Å². The normalized spacial score (nSPS) is 17.8. The number of guanidine groups is 1. The van der Waals surface area contributed by atoms with Gasteiger partial charge >= 0.3 is 0 Å². The van der Waals surface area contributed by atoms with E-state index in [2.05, 4.69) is 46.0 Å². The number of aliphatic imine (C=N–C) groups is 1. The van der Waals surface area contributed by atoms with Gasteiger partial charge in [0.15, 0.2) is 5.96 Å². The molecule has 0 amide bonds. The molecule has 1 aromatic rings. The summed E-state index contributed by atoms with van der Waals surface area (Å²) in [6.07, 6.45) is 0. The molecule has 0 aliphatic carbocycles. The maximum absolute atomic E-state index is 5.77. The van der Waals surface area contributed by atoms with Gasteiger partial charge in [-0.1, -0.05) is 25.1 Å². The highest BCUT2D eigenvalue weighted by atomic mass is 16.5. The Bertz CT molecular complexity index is 528. The van der Waals surface area contributed by atoms with Crippen LogP contribution < -0.4 is 10.1 Å². The Morgan fingerprint density at radius 1 is 1.23 bits per heavy atom. The summed E-state index contributed by atoms with van der Waals surface area (Å²) in [4.78, 5) is 11.5. The molecule has 1 saturated heterocycles. The number of rotatable bonds is 8. The lowest BCUT2D eigenvalue weighted by molar-refractivity contribution is 0.139. The van der Waals surface area contributed by atoms with E-state index in [-0.39, 0.29) is 0 Å². The average Bonchev–Trinajstić information content (AvgIpc) is 2.65. The van der Waals surface area contributed by atoms with Crippen LogP contribution in [0.4, 0.5) is 0 Å². The molecule has 1 aromatic carbocycles. The lowest BCUT2D eigenvalue weighted by Crippen LogP contribution is -2.48. The van der Waals surface area contributed by atoms with Crippen LogP contribution in [0.3, 0.4) is 0 Å². The second kappa shape index (κ2) is 11.0. The minimum absolute atomic E-state index is 0.587. The fourth-order valence-corrected chi connectivity index (χ4v) is 3.11. The Morgan fingerprint density at radius 3 is 2.58 bits per heavy atom. The fraction of sp³-hybridized carbons (Fsp3) is 0.650. The van der Waals surface area contributed by atoms with Crippen molar-refractivity contribution in [2.75, 3.05) is 73.6 Å². The van der Waals surface area contributed by atoms with Gasteiger partial charge in [0.2, 0.25) is 0 Å². The summed E-state index contributed by atoms with van der Waals surface area (Å²) in [7, 11) is 6.08. The molecule has 1 aliphatic heterocycles. The van der Waals surface area contributed by atoms with E-state index in [0.717, 1.165) is 31.3 Å². The molecule has 0 spiro atoms. The van der Waals surface area contributed by atoms with Gasteiger partial charge in [0, 0.05) is 53.4 Å². The first kappa shape index (κ1) is 20.5. The number of ether oxygens (including phenoxy) is 1. The predicted molar refractivity (Wildman–Crippen MR) is 109 cm³/mol. The molecule has 6 nitrogen and oxygen atoms in total. The third-order valence-electron chi connectivity index (χ3n) is 4.79. The largest absolute Gasteiger partial charge is 0.492 e. The molecule has 1 heterocycles. The quantitative estimate of drug-likeness (QED) is 0.561. The number of hydrogen-bond donors (Lipinski definition) is 1. The number of nitrogens with one attached hydrogen (secondary N) is 1. The average molecular weight is 362 g/mol. The Kier molecular flexibility index (Phi) is 8.71. The van der Waals surface area contributed by atoms with E-state index in [4.69, 9.17) is 4.74 Å². The molecule has 1 N–H and O–H groups in total. The van der Waals surface area contributed by atoms with Gasteiger partial charge in [0.25, 0.3) is 0 Å². The van der Waals surface area contributed by atoms with Crippen molar-refractivity contribution in [3.8, 4) is 5.75 Å². The molecule has 1 unspecified atom stereocenters. The highest BCUT2D eigenvalue weighted by molar-refractivity contribution is 5.79. The lowest BCUT2D eigenvalue weighted by atomic mass is 10.1. The lowest BCUT2D eigenvalue weighted by Gasteiger charge is -2.34. The number of hydrogen-bond acceptors (Lipinski definition) is 4. The summed E-state index contributed by atoms with van der Waals surface area (Å²) in [6, 6.07) is 9.93. The van der Waals surface area contributed by atoms with Crippen LogP contribution in [0.1, 0.15) is 6.92 Å². The predicted octanol–water partition coefficient (Wildman–Crippen LogP) is 1.46. The first-order valence-corrected chi connectivity index (χ1v) is 9.59. The second-order valence-corrected chi connectivity index (χ2v) is 7.22. The summed E-state index contributed by atoms with van der Waals surface area (Å²) >= 11 is 0. The summed E-state index contributed by atoms with van der Waals surface area (Å²) in [5.74, 6) is 2.42. The number of para-hydroxylation sites is 1. The maximum Gasteiger partial charge on any atom is 0.193 e. The molecule has 0 saturated carbocycles. The van der Waals surface area contributed by atoms with Gasteiger partial charge in [-0.15, -0.1) is 0 Å². The zero-order valence-electron chi connectivity index (χ0n) is 16.8. The molecular formula is C20H35N5O. The topological polar surface area (TPSA) is 43.3 Å². The summed E-state index contributed by atoms with van der Waals surface area (Å²) in [6.45, 7) is 10.5. The van der Waals surface area contributed by atoms with Crippen molar-refractivity contribution in [2.24, 2.45) is 10.9 Å². The number of piperazine rings is 1. The molecule has 26 heavy (non-hydrogen) atoms. The van der Waals surface area contributed by atoms with Crippen molar-refractivity contribution < 1.29 is 4.74 Å². The van der Waals surface area contributed by atoms with Crippen LogP contribution in [0.5, 0.6) is 5.75 Å². The van der Waals surface area contributed by atoms with Crippen molar-refractivity contribution in [3.05, 3.63) is 30.3 Å². The molecule has 1 fully saturated rings. The van der Waals surface area contributed by atoms with E-state index < -0.39 is 0 Å². The minimum atomic E-state index is 0.587. The molecule has 2 rings (SSSR count). The monoisotopic (exact) mass is 361 g/mol. The van der Waals surface area contributed by atoms with Crippen molar-refractivity contribution in [2.45, 2.75) is 6.92 Å². The molecule has 0 radical (unpaired) electrons. The van der Waals surface area contributed by atoms with Gasteiger partial charge in [-0.3, -0.25) is 4.99 Å². The van der Waals surface area contributed by atoms with E-state index in [1.165, 1.54) is 26.2 Å². The summed E-state index contributed by atoms with van der Waals surface area (Å²) in [5.41, 5.74) is 0. The van der Waals surface area contributed by atoms with Crippen LogP contribution in [0.25, 0.3) is 0 Å².